The SMILES string of the molecule is Cl.O=C(NC1CC2CCC(C1)N2)c1cccc(OC(F)F)c1. The summed E-state index contributed by atoms with van der Waals surface area (Å²) in [5.41, 5.74) is 0.346. The zero-order chi connectivity index (χ0) is 14.8. The first-order valence-electron chi connectivity index (χ1n) is 7.22. The lowest BCUT2D eigenvalue weighted by Crippen LogP contribution is -2.48. The Kier molecular flexibility index (Phi) is 5.58. The molecule has 2 aliphatic rings. The Morgan fingerprint density at radius 2 is 1.95 bits per heavy atom. The number of alkyl halides is 2. The molecular weight excluding hydrogens is 314 g/mol. The van der Waals surface area contributed by atoms with Crippen LogP contribution in [-0.2, 0) is 0 Å². The fourth-order valence-corrected chi connectivity index (χ4v) is 3.26. The standard InChI is InChI=1S/C15H18F2N2O2.ClH/c16-15(17)21-13-3-1-2-9(6-13)14(20)19-12-7-10-4-5-11(8-12)18-10;/h1-3,6,10-12,15,18H,4-5,7-8H2,(H,19,20);1H. The van der Waals surface area contributed by atoms with Gasteiger partial charge in [0.2, 0.25) is 0 Å². The predicted molar refractivity (Wildman–Crippen MR) is 80.8 cm³/mol. The second-order valence-corrected chi connectivity index (χ2v) is 5.69. The minimum Gasteiger partial charge on any atom is -0.435 e. The summed E-state index contributed by atoms with van der Waals surface area (Å²) in [5, 5.41) is 6.50. The molecule has 2 heterocycles. The maximum absolute atomic E-state index is 12.2. The van der Waals surface area contributed by atoms with E-state index in [1.54, 1.807) is 12.1 Å². The Balaban J connectivity index is 0.00000176. The van der Waals surface area contributed by atoms with Crippen molar-refractivity contribution in [2.45, 2.75) is 50.4 Å². The lowest BCUT2D eigenvalue weighted by Gasteiger charge is -2.29. The summed E-state index contributed by atoms with van der Waals surface area (Å²) in [6.45, 7) is -2.89. The van der Waals surface area contributed by atoms with Crippen molar-refractivity contribution in [2.75, 3.05) is 0 Å². The number of ether oxygens (including phenoxy) is 1. The average molecular weight is 333 g/mol. The number of hydrogen-bond donors (Lipinski definition) is 2. The lowest BCUT2D eigenvalue weighted by molar-refractivity contribution is -0.0498. The molecule has 0 radical (unpaired) electrons. The van der Waals surface area contributed by atoms with Crippen LogP contribution in [0.5, 0.6) is 5.75 Å². The number of benzene rings is 1. The molecule has 2 N–H and O–H groups in total. The third kappa shape index (κ3) is 4.08. The second-order valence-electron chi connectivity index (χ2n) is 5.69. The van der Waals surface area contributed by atoms with Gasteiger partial charge in [-0.05, 0) is 43.9 Å². The van der Waals surface area contributed by atoms with E-state index in [2.05, 4.69) is 15.4 Å². The fourth-order valence-electron chi connectivity index (χ4n) is 3.26. The van der Waals surface area contributed by atoms with E-state index in [4.69, 9.17) is 0 Å². The Hall–Kier alpha value is -1.40. The highest BCUT2D eigenvalue weighted by Gasteiger charge is 2.34. The number of carbonyl (C=O) groups excluding carboxylic acids is 1. The van der Waals surface area contributed by atoms with Crippen LogP contribution in [0.2, 0.25) is 0 Å². The first-order chi connectivity index (χ1) is 10.1. The van der Waals surface area contributed by atoms with Crippen molar-refractivity contribution in [1.29, 1.82) is 0 Å². The van der Waals surface area contributed by atoms with Crippen molar-refractivity contribution in [2.24, 2.45) is 0 Å². The summed E-state index contributed by atoms with van der Waals surface area (Å²) in [5.74, 6) is -0.232. The van der Waals surface area contributed by atoms with Crippen molar-refractivity contribution >= 4 is 18.3 Å². The number of fused-ring (bicyclic) bond motifs is 2. The smallest absolute Gasteiger partial charge is 0.387 e. The van der Waals surface area contributed by atoms with Gasteiger partial charge in [-0.2, -0.15) is 8.78 Å². The Morgan fingerprint density at radius 1 is 1.27 bits per heavy atom. The Morgan fingerprint density at radius 3 is 2.59 bits per heavy atom. The number of amides is 1. The molecule has 0 saturated carbocycles. The second kappa shape index (κ2) is 7.24. The number of rotatable bonds is 4. The maximum atomic E-state index is 12.2. The average Bonchev–Trinajstić information content (AvgIpc) is 2.77. The van der Waals surface area contributed by atoms with Crippen LogP contribution in [0.1, 0.15) is 36.0 Å². The van der Waals surface area contributed by atoms with Crippen LogP contribution in [0.25, 0.3) is 0 Å². The summed E-state index contributed by atoms with van der Waals surface area (Å²) in [6, 6.07) is 7.02. The maximum Gasteiger partial charge on any atom is 0.387 e. The molecule has 2 fully saturated rings. The fraction of sp³-hybridized carbons (Fsp3) is 0.533. The van der Waals surface area contributed by atoms with E-state index in [9.17, 15) is 13.6 Å². The van der Waals surface area contributed by atoms with E-state index < -0.39 is 6.61 Å². The third-order valence-electron chi connectivity index (χ3n) is 4.13. The quantitative estimate of drug-likeness (QED) is 0.891. The van der Waals surface area contributed by atoms with Crippen LogP contribution >= 0.6 is 12.4 Å². The normalized spacial score (nSPS) is 26.4. The van der Waals surface area contributed by atoms with Gasteiger partial charge in [-0.1, -0.05) is 6.07 Å². The van der Waals surface area contributed by atoms with E-state index in [0.29, 0.717) is 17.6 Å². The summed E-state index contributed by atoms with van der Waals surface area (Å²) in [4.78, 5) is 12.2. The van der Waals surface area contributed by atoms with E-state index >= 15 is 0 Å². The highest BCUT2D eigenvalue weighted by atomic mass is 35.5. The molecule has 122 valence electrons. The van der Waals surface area contributed by atoms with Gasteiger partial charge in [0.1, 0.15) is 5.75 Å². The molecule has 0 aliphatic carbocycles. The molecular formula is C15H19ClF2N2O2. The van der Waals surface area contributed by atoms with E-state index in [1.807, 2.05) is 0 Å². The van der Waals surface area contributed by atoms with Gasteiger partial charge in [0.05, 0.1) is 0 Å². The van der Waals surface area contributed by atoms with Crippen molar-refractivity contribution in [3.05, 3.63) is 29.8 Å². The molecule has 22 heavy (non-hydrogen) atoms. The number of halogens is 3. The van der Waals surface area contributed by atoms with Crippen molar-refractivity contribution in [3.8, 4) is 5.75 Å². The van der Waals surface area contributed by atoms with Gasteiger partial charge < -0.3 is 15.4 Å². The highest BCUT2D eigenvalue weighted by Crippen LogP contribution is 2.27. The third-order valence-corrected chi connectivity index (χ3v) is 4.13. The summed E-state index contributed by atoms with van der Waals surface area (Å²) >= 11 is 0. The van der Waals surface area contributed by atoms with Gasteiger partial charge in [0, 0.05) is 23.7 Å². The van der Waals surface area contributed by atoms with Crippen molar-refractivity contribution < 1.29 is 18.3 Å². The summed E-state index contributed by atoms with van der Waals surface area (Å²) in [7, 11) is 0. The van der Waals surface area contributed by atoms with Crippen LogP contribution in [0.4, 0.5) is 8.78 Å². The van der Waals surface area contributed by atoms with E-state index in [-0.39, 0.29) is 30.1 Å². The number of piperidine rings is 1. The van der Waals surface area contributed by atoms with Gasteiger partial charge in [-0.25, -0.2) is 0 Å². The number of hydrogen-bond acceptors (Lipinski definition) is 3. The van der Waals surface area contributed by atoms with Crippen LogP contribution in [0, 0.1) is 0 Å². The van der Waals surface area contributed by atoms with Gasteiger partial charge in [-0.3, -0.25) is 4.79 Å². The van der Waals surface area contributed by atoms with Gasteiger partial charge in [0.25, 0.3) is 5.91 Å². The minimum absolute atomic E-state index is 0. The molecule has 2 atom stereocenters. The van der Waals surface area contributed by atoms with Gasteiger partial charge >= 0.3 is 6.61 Å². The minimum atomic E-state index is -2.89. The molecule has 0 spiro atoms. The van der Waals surface area contributed by atoms with Crippen LogP contribution < -0.4 is 15.4 Å². The zero-order valence-corrected chi connectivity index (χ0v) is 12.7. The first kappa shape index (κ1) is 17.0. The molecule has 2 saturated heterocycles. The van der Waals surface area contributed by atoms with E-state index in [0.717, 1.165) is 25.7 Å². The molecule has 2 unspecified atom stereocenters. The highest BCUT2D eigenvalue weighted by molar-refractivity contribution is 5.94. The lowest BCUT2D eigenvalue weighted by atomic mass is 9.99. The number of carbonyl (C=O) groups is 1. The Labute approximate surface area is 134 Å². The van der Waals surface area contributed by atoms with Crippen molar-refractivity contribution in [3.63, 3.8) is 0 Å². The molecule has 0 aromatic heterocycles. The largest absolute Gasteiger partial charge is 0.435 e. The topological polar surface area (TPSA) is 50.4 Å². The molecule has 2 aliphatic heterocycles. The molecule has 1 aromatic rings. The molecule has 1 amide bonds. The zero-order valence-electron chi connectivity index (χ0n) is 11.9. The number of nitrogens with one attached hydrogen (secondary N) is 2. The van der Waals surface area contributed by atoms with Crippen LogP contribution in [-0.4, -0.2) is 30.6 Å². The van der Waals surface area contributed by atoms with Crippen LogP contribution in [0.15, 0.2) is 24.3 Å². The van der Waals surface area contributed by atoms with Gasteiger partial charge in [-0.15, -0.1) is 12.4 Å². The summed E-state index contributed by atoms with van der Waals surface area (Å²) in [6.07, 6.45) is 4.18. The first-order valence-corrected chi connectivity index (χ1v) is 7.22. The summed E-state index contributed by atoms with van der Waals surface area (Å²) < 4.78 is 28.7. The molecule has 2 bridgehead atoms. The van der Waals surface area contributed by atoms with Gasteiger partial charge in [0.15, 0.2) is 0 Å². The van der Waals surface area contributed by atoms with E-state index in [1.165, 1.54) is 12.1 Å². The molecule has 1 aromatic carbocycles. The molecule has 3 rings (SSSR count). The van der Waals surface area contributed by atoms with Crippen LogP contribution in [0.3, 0.4) is 0 Å². The molecule has 7 heteroatoms. The Bertz CT molecular complexity index is 518. The predicted octanol–water partition coefficient (Wildman–Crippen LogP) is 2.72. The monoisotopic (exact) mass is 332 g/mol. The molecule has 4 nitrogen and oxygen atoms in total. The van der Waals surface area contributed by atoms with Crippen molar-refractivity contribution in [1.82, 2.24) is 10.6 Å².